The summed E-state index contributed by atoms with van der Waals surface area (Å²) in [5.74, 6) is 5.58. The summed E-state index contributed by atoms with van der Waals surface area (Å²) in [6.45, 7) is 3.50. The smallest absolute Gasteiger partial charge is 0.328 e. The molecule has 6 N–H and O–H groups in total. The average molecular weight is 855 g/mol. The Kier molecular flexibility index (Phi) is 13.3. The van der Waals surface area contributed by atoms with Crippen LogP contribution in [-0.4, -0.2) is 92.4 Å². The van der Waals surface area contributed by atoms with Crippen LogP contribution in [0.1, 0.15) is 22.3 Å². The lowest BCUT2D eigenvalue weighted by Gasteiger charge is -2.14. The first-order valence-corrected chi connectivity index (χ1v) is 20.4. The highest BCUT2D eigenvalue weighted by atomic mass is 32.2. The molecule has 0 spiro atoms. The van der Waals surface area contributed by atoms with Gasteiger partial charge in [-0.05, 0) is 74.5 Å². The summed E-state index contributed by atoms with van der Waals surface area (Å²) in [4.78, 5) is 23.6. The summed E-state index contributed by atoms with van der Waals surface area (Å²) in [7, 11) is -10.4. The minimum absolute atomic E-state index is 0.0122. The minimum atomic E-state index is -5.19. The van der Waals surface area contributed by atoms with E-state index < -0.39 is 30.0 Å². The Morgan fingerprint density at radius 1 is 0.550 bits per heavy atom. The minimum Gasteiger partial charge on any atom is -0.744 e. The SMILES string of the molecule is Cc1ccc(Oc2nc(NCCO)nc(Nc3ccc(C#Cc4ccc(Nc5nc(NCCO)nc(Oc6ccc(C)cc6)n5)cc4S(=O)(=O)[O-])c(S(=O)(=O)[O-])c3)n2)cc1. The van der Waals surface area contributed by atoms with Crippen molar-refractivity contribution in [1.82, 2.24) is 29.9 Å². The molecule has 0 saturated carbocycles. The second kappa shape index (κ2) is 18.7. The molecular weight excluding hydrogens is 821 g/mol. The topological polar surface area (TPSA) is 299 Å². The van der Waals surface area contributed by atoms with Crippen molar-refractivity contribution >= 4 is 55.4 Å². The first-order valence-electron chi connectivity index (χ1n) is 17.6. The van der Waals surface area contributed by atoms with E-state index in [-0.39, 0.29) is 84.6 Å². The molecular formula is C38H34N10O10S2-2. The third kappa shape index (κ3) is 11.8. The maximum absolute atomic E-state index is 12.4. The second-order valence-electron chi connectivity index (χ2n) is 12.5. The summed E-state index contributed by atoms with van der Waals surface area (Å²) in [6.07, 6.45) is 0. The molecule has 6 aromatic rings. The quantitative estimate of drug-likeness (QED) is 0.0596. The number of nitrogens with one attached hydrogen (secondary N) is 4. The Balaban J connectivity index is 1.28. The predicted molar refractivity (Wildman–Crippen MR) is 215 cm³/mol. The molecule has 0 atom stereocenters. The Labute approximate surface area is 343 Å². The van der Waals surface area contributed by atoms with Gasteiger partial charge in [-0.1, -0.05) is 47.2 Å². The Hall–Kier alpha value is -7.00. The number of ether oxygens (including phenoxy) is 2. The van der Waals surface area contributed by atoms with Crippen molar-refractivity contribution in [2.75, 3.05) is 47.6 Å². The predicted octanol–water partition coefficient (Wildman–Crippen LogP) is 3.76. The molecule has 22 heteroatoms. The summed E-state index contributed by atoms with van der Waals surface area (Å²) >= 11 is 0. The number of hydrogen-bond acceptors (Lipinski definition) is 20. The van der Waals surface area contributed by atoms with Gasteiger partial charge in [0, 0.05) is 35.6 Å². The van der Waals surface area contributed by atoms with Crippen LogP contribution in [0.2, 0.25) is 0 Å². The van der Waals surface area contributed by atoms with Gasteiger partial charge in [-0.2, -0.15) is 29.9 Å². The van der Waals surface area contributed by atoms with Crippen LogP contribution >= 0.6 is 0 Å². The normalized spacial score (nSPS) is 11.2. The van der Waals surface area contributed by atoms with Crippen molar-refractivity contribution in [3.63, 3.8) is 0 Å². The van der Waals surface area contributed by atoms with Gasteiger partial charge < -0.3 is 50.1 Å². The van der Waals surface area contributed by atoms with Gasteiger partial charge in [0.2, 0.25) is 23.8 Å². The molecule has 60 heavy (non-hydrogen) atoms. The van der Waals surface area contributed by atoms with Crippen LogP contribution in [0.4, 0.5) is 35.2 Å². The number of hydrogen-bond donors (Lipinski definition) is 6. The molecule has 20 nitrogen and oxygen atoms in total. The number of aliphatic hydroxyl groups excluding tert-OH is 2. The number of aromatic nitrogens is 6. The molecule has 0 aliphatic heterocycles. The number of anilines is 6. The highest BCUT2D eigenvalue weighted by molar-refractivity contribution is 7.86. The van der Waals surface area contributed by atoms with Gasteiger partial charge in [0.15, 0.2) is 0 Å². The van der Waals surface area contributed by atoms with Crippen LogP contribution in [0.5, 0.6) is 23.5 Å². The molecule has 0 fully saturated rings. The highest BCUT2D eigenvalue weighted by Gasteiger charge is 2.16. The van der Waals surface area contributed by atoms with Crippen LogP contribution in [-0.2, 0) is 20.2 Å². The van der Waals surface area contributed by atoms with E-state index in [1.807, 2.05) is 38.1 Å². The Morgan fingerprint density at radius 2 is 0.917 bits per heavy atom. The third-order valence-electron chi connectivity index (χ3n) is 7.83. The van der Waals surface area contributed by atoms with Crippen LogP contribution < -0.4 is 30.7 Å². The third-order valence-corrected chi connectivity index (χ3v) is 9.58. The van der Waals surface area contributed by atoms with Crippen LogP contribution in [0, 0.1) is 25.7 Å². The zero-order valence-corrected chi connectivity index (χ0v) is 33.2. The lowest BCUT2D eigenvalue weighted by atomic mass is 10.1. The van der Waals surface area contributed by atoms with Gasteiger partial charge in [-0.3, -0.25) is 0 Å². The summed E-state index contributed by atoms with van der Waals surface area (Å²) in [6, 6.07) is 20.8. The van der Waals surface area contributed by atoms with Crippen molar-refractivity contribution in [1.29, 1.82) is 0 Å². The molecule has 0 unspecified atom stereocenters. The van der Waals surface area contributed by atoms with Crippen molar-refractivity contribution in [3.05, 3.63) is 107 Å². The van der Waals surface area contributed by atoms with Crippen molar-refractivity contribution < 1.29 is 45.6 Å². The van der Waals surface area contributed by atoms with E-state index in [1.54, 1.807) is 24.3 Å². The summed E-state index contributed by atoms with van der Waals surface area (Å²) in [5.41, 5.74) is 1.42. The number of rotatable bonds is 16. The molecule has 2 aromatic heterocycles. The highest BCUT2D eigenvalue weighted by Crippen LogP contribution is 2.28. The molecule has 2 heterocycles. The Bertz CT molecular complexity index is 2600. The van der Waals surface area contributed by atoms with E-state index in [0.29, 0.717) is 11.5 Å². The van der Waals surface area contributed by atoms with E-state index in [2.05, 4.69) is 63.0 Å². The fraction of sp³-hybridized carbons (Fsp3) is 0.158. The summed E-state index contributed by atoms with van der Waals surface area (Å²) in [5, 5.41) is 29.7. The molecule has 0 aliphatic carbocycles. The van der Waals surface area contributed by atoms with E-state index in [0.717, 1.165) is 23.3 Å². The largest absolute Gasteiger partial charge is 0.744 e. The number of nitrogens with zero attached hydrogens (tertiary/aromatic N) is 6. The maximum atomic E-state index is 12.4. The van der Waals surface area contributed by atoms with Crippen LogP contribution in [0.3, 0.4) is 0 Å². The van der Waals surface area contributed by atoms with Crippen LogP contribution in [0.25, 0.3) is 0 Å². The fourth-order valence-corrected chi connectivity index (χ4v) is 6.37. The number of benzene rings is 4. The fourth-order valence-electron chi connectivity index (χ4n) is 5.05. The van der Waals surface area contributed by atoms with Gasteiger partial charge in [0.1, 0.15) is 31.7 Å². The van der Waals surface area contributed by atoms with Crippen LogP contribution in [0.15, 0.2) is 94.7 Å². The molecule has 0 amide bonds. The van der Waals surface area contributed by atoms with Crippen molar-refractivity contribution in [2.45, 2.75) is 23.6 Å². The van der Waals surface area contributed by atoms with E-state index in [1.165, 1.54) is 24.3 Å². The van der Waals surface area contributed by atoms with E-state index in [9.17, 15) is 36.2 Å². The standard InChI is InChI=1S/C38H36N10O10S2/c1-23-3-13-29(14-4-23)57-37-45-33(39-17-19-49)43-35(47-37)41-27-11-9-25(31(21-27)59(51,52)53)7-8-26-10-12-28(22-32(26)60(54,55)56)42-36-44-34(40-18-20-50)46-38(48-36)58-30-15-5-24(2)6-16-30/h3-6,9-16,21-22,49-50H,17-20H2,1-2H3,(H,51,52,53)(H,54,55,56)(H2,39,41,43,45,47)(H2,40,42,44,46,48)/p-2. The van der Waals surface area contributed by atoms with Gasteiger partial charge in [-0.25, -0.2) is 16.8 Å². The maximum Gasteiger partial charge on any atom is 0.328 e. The Morgan fingerprint density at radius 3 is 1.27 bits per heavy atom. The van der Waals surface area contributed by atoms with Crippen molar-refractivity contribution in [3.8, 4) is 35.4 Å². The van der Waals surface area contributed by atoms with E-state index in [4.69, 9.17) is 9.47 Å². The molecule has 6 rings (SSSR count). The molecule has 0 aliphatic rings. The number of aryl methyl sites for hydroxylation is 2. The lowest BCUT2D eigenvalue weighted by molar-refractivity contribution is 0.310. The first-order chi connectivity index (χ1) is 28.6. The first kappa shape index (κ1) is 42.6. The molecule has 4 aromatic carbocycles. The summed E-state index contributed by atoms with van der Waals surface area (Å²) < 4.78 is 86.2. The zero-order valence-electron chi connectivity index (χ0n) is 31.6. The molecule has 0 bridgehead atoms. The monoisotopic (exact) mass is 854 g/mol. The van der Waals surface area contributed by atoms with E-state index >= 15 is 0 Å². The number of aliphatic hydroxyl groups is 2. The zero-order chi connectivity index (χ0) is 42.9. The van der Waals surface area contributed by atoms with Gasteiger partial charge in [-0.15, -0.1) is 0 Å². The average Bonchev–Trinajstić information content (AvgIpc) is 3.20. The van der Waals surface area contributed by atoms with Gasteiger partial charge >= 0.3 is 12.0 Å². The molecule has 0 saturated heterocycles. The lowest BCUT2D eigenvalue weighted by Crippen LogP contribution is -2.11. The van der Waals surface area contributed by atoms with Crippen molar-refractivity contribution in [2.24, 2.45) is 0 Å². The van der Waals surface area contributed by atoms with Gasteiger partial charge in [0.05, 0.1) is 23.0 Å². The second-order valence-corrected chi connectivity index (χ2v) is 15.2. The molecule has 310 valence electrons. The molecule has 0 radical (unpaired) electrons. The van der Waals surface area contributed by atoms with Gasteiger partial charge in [0.25, 0.3) is 0 Å².